The number of para-hydroxylation sites is 1. The Morgan fingerprint density at radius 1 is 1.29 bits per heavy atom. The molecule has 1 unspecified atom stereocenters. The number of ether oxygens (including phenoxy) is 1. The van der Waals surface area contributed by atoms with E-state index in [-0.39, 0.29) is 11.9 Å². The average Bonchev–Trinajstić information content (AvgIpc) is 2.89. The van der Waals surface area contributed by atoms with Gasteiger partial charge in [-0.1, -0.05) is 24.3 Å². The van der Waals surface area contributed by atoms with E-state index in [1.54, 1.807) is 13.2 Å². The lowest BCUT2D eigenvalue weighted by molar-refractivity contribution is 0.405. The highest BCUT2D eigenvalue weighted by Gasteiger charge is 2.23. The molecule has 110 valence electrons. The minimum Gasteiger partial charge on any atom is -0.496 e. The number of benzene rings is 2. The molecule has 2 N–H and O–H groups in total. The zero-order chi connectivity index (χ0) is 14.8. The fourth-order valence-electron chi connectivity index (χ4n) is 2.92. The highest BCUT2D eigenvalue weighted by Crippen LogP contribution is 2.31. The fraction of sp³-hybridized carbons (Fsp3) is 0.294. The number of nitrogens with zero attached hydrogens (tertiary/aromatic N) is 1. The van der Waals surface area contributed by atoms with Crippen LogP contribution in [0.3, 0.4) is 0 Å². The number of rotatable bonds is 4. The second-order valence-electron chi connectivity index (χ2n) is 5.32. The van der Waals surface area contributed by atoms with Crippen molar-refractivity contribution in [3.05, 3.63) is 59.4 Å². The van der Waals surface area contributed by atoms with Crippen LogP contribution in [0.4, 0.5) is 10.1 Å². The Morgan fingerprint density at radius 3 is 2.90 bits per heavy atom. The van der Waals surface area contributed by atoms with Gasteiger partial charge in [-0.25, -0.2) is 4.39 Å². The summed E-state index contributed by atoms with van der Waals surface area (Å²) in [4.78, 5) is 2.15. The molecular formula is C17H19FN2O. The predicted molar refractivity (Wildman–Crippen MR) is 82.2 cm³/mol. The van der Waals surface area contributed by atoms with Crippen molar-refractivity contribution in [2.75, 3.05) is 25.1 Å². The molecular weight excluding hydrogens is 267 g/mol. The zero-order valence-electron chi connectivity index (χ0n) is 12.1. The van der Waals surface area contributed by atoms with Crippen LogP contribution in [0.1, 0.15) is 17.2 Å². The van der Waals surface area contributed by atoms with E-state index in [2.05, 4.69) is 4.90 Å². The zero-order valence-corrected chi connectivity index (χ0v) is 12.1. The molecule has 2 aromatic carbocycles. The van der Waals surface area contributed by atoms with Gasteiger partial charge < -0.3 is 15.4 Å². The van der Waals surface area contributed by atoms with Gasteiger partial charge in [0.25, 0.3) is 0 Å². The maximum absolute atomic E-state index is 13.4. The van der Waals surface area contributed by atoms with Gasteiger partial charge in [-0.3, -0.25) is 0 Å². The van der Waals surface area contributed by atoms with Gasteiger partial charge in [0, 0.05) is 24.3 Å². The number of hydrogen-bond donors (Lipinski definition) is 1. The van der Waals surface area contributed by atoms with Crippen LogP contribution in [-0.2, 0) is 6.42 Å². The molecule has 1 heterocycles. The third-order valence-corrected chi connectivity index (χ3v) is 3.99. The van der Waals surface area contributed by atoms with Crippen LogP contribution in [-0.4, -0.2) is 20.2 Å². The van der Waals surface area contributed by atoms with Crippen LogP contribution < -0.4 is 15.4 Å². The Kier molecular flexibility index (Phi) is 3.80. The molecule has 0 saturated carbocycles. The third kappa shape index (κ3) is 2.72. The largest absolute Gasteiger partial charge is 0.496 e. The van der Waals surface area contributed by atoms with Crippen molar-refractivity contribution < 1.29 is 9.13 Å². The van der Waals surface area contributed by atoms with Gasteiger partial charge in [0.15, 0.2) is 0 Å². The first-order valence-electron chi connectivity index (χ1n) is 7.11. The maximum atomic E-state index is 13.4. The summed E-state index contributed by atoms with van der Waals surface area (Å²) in [5, 5.41) is 0. The molecule has 2 aromatic rings. The van der Waals surface area contributed by atoms with Gasteiger partial charge in [0.05, 0.1) is 13.2 Å². The van der Waals surface area contributed by atoms with E-state index in [0.29, 0.717) is 6.54 Å². The standard InChI is InChI=1S/C17H19FN2O/c1-21-17-5-3-2-4-14(17)15(19)11-20-9-8-12-6-7-13(18)10-16(12)20/h2-7,10,15H,8-9,11,19H2,1H3. The van der Waals surface area contributed by atoms with E-state index in [9.17, 15) is 4.39 Å². The first-order valence-corrected chi connectivity index (χ1v) is 7.11. The molecule has 0 bridgehead atoms. The van der Waals surface area contributed by atoms with E-state index in [1.807, 2.05) is 30.3 Å². The van der Waals surface area contributed by atoms with Crippen molar-refractivity contribution >= 4 is 5.69 Å². The molecule has 3 nitrogen and oxygen atoms in total. The molecule has 0 aliphatic carbocycles. The van der Waals surface area contributed by atoms with E-state index >= 15 is 0 Å². The Labute approximate surface area is 124 Å². The quantitative estimate of drug-likeness (QED) is 0.939. The van der Waals surface area contributed by atoms with Gasteiger partial charge in [-0.2, -0.15) is 0 Å². The SMILES string of the molecule is COc1ccccc1C(N)CN1CCc2ccc(F)cc21. The third-order valence-electron chi connectivity index (χ3n) is 3.99. The second-order valence-corrected chi connectivity index (χ2v) is 5.32. The number of methoxy groups -OCH3 is 1. The number of halogens is 1. The smallest absolute Gasteiger partial charge is 0.125 e. The summed E-state index contributed by atoms with van der Waals surface area (Å²) in [7, 11) is 1.64. The van der Waals surface area contributed by atoms with E-state index in [4.69, 9.17) is 10.5 Å². The minimum absolute atomic E-state index is 0.171. The van der Waals surface area contributed by atoms with Crippen LogP contribution in [0.5, 0.6) is 5.75 Å². The molecule has 1 atom stereocenters. The van der Waals surface area contributed by atoms with Gasteiger partial charge >= 0.3 is 0 Å². The predicted octanol–water partition coefficient (Wildman–Crippen LogP) is 2.90. The summed E-state index contributed by atoms with van der Waals surface area (Å²) in [6.07, 6.45) is 0.939. The highest BCUT2D eigenvalue weighted by atomic mass is 19.1. The van der Waals surface area contributed by atoms with Crippen molar-refractivity contribution in [1.82, 2.24) is 0 Å². The molecule has 0 aromatic heterocycles. The fourth-order valence-corrected chi connectivity index (χ4v) is 2.92. The van der Waals surface area contributed by atoms with E-state index in [1.165, 1.54) is 11.6 Å². The van der Waals surface area contributed by atoms with Crippen LogP contribution >= 0.6 is 0 Å². The molecule has 0 saturated heterocycles. The van der Waals surface area contributed by atoms with Crippen LogP contribution in [0.25, 0.3) is 0 Å². The van der Waals surface area contributed by atoms with Crippen molar-refractivity contribution in [2.24, 2.45) is 5.73 Å². The Bertz CT molecular complexity index is 644. The van der Waals surface area contributed by atoms with Crippen molar-refractivity contribution in [3.8, 4) is 5.75 Å². The summed E-state index contributed by atoms with van der Waals surface area (Å²) in [6.45, 7) is 1.53. The molecule has 3 rings (SSSR count). The van der Waals surface area contributed by atoms with Gasteiger partial charge in [-0.05, 0) is 30.2 Å². The van der Waals surface area contributed by atoms with Crippen LogP contribution in [0.15, 0.2) is 42.5 Å². The molecule has 1 aliphatic rings. The van der Waals surface area contributed by atoms with Crippen LogP contribution in [0, 0.1) is 5.82 Å². The molecule has 0 spiro atoms. The van der Waals surface area contributed by atoms with E-state index in [0.717, 1.165) is 30.0 Å². The first kappa shape index (κ1) is 13.9. The highest BCUT2D eigenvalue weighted by molar-refractivity contribution is 5.58. The monoisotopic (exact) mass is 286 g/mol. The van der Waals surface area contributed by atoms with Gasteiger partial charge in [0.2, 0.25) is 0 Å². The first-order chi connectivity index (χ1) is 10.2. The Balaban J connectivity index is 1.81. The average molecular weight is 286 g/mol. The molecule has 0 fully saturated rings. The van der Waals surface area contributed by atoms with Gasteiger partial charge in [-0.15, -0.1) is 0 Å². The lowest BCUT2D eigenvalue weighted by atomic mass is 10.1. The van der Waals surface area contributed by atoms with Crippen molar-refractivity contribution in [2.45, 2.75) is 12.5 Å². The van der Waals surface area contributed by atoms with Crippen molar-refractivity contribution in [3.63, 3.8) is 0 Å². The summed E-state index contributed by atoms with van der Waals surface area (Å²) in [5.41, 5.74) is 9.45. The number of fused-ring (bicyclic) bond motifs is 1. The van der Waals surface area contributed by atoms with Gasteiger partial charge in [0.1, 0.15) is 11.6 Å². The normalized spacial score (nSPS) is 14.9. The number of nitrogens with two attached hydrogens (primary N) is 1. The molecule has 0 radical (unpaired) electrons. The summed E-state index contributed by atoms with van der Waals surface area (Å²) in [6, 6.07) is 12.6. The Morgan fingerprint density at radius 2 is 2.10 bits per heavy atom. The topological polar surface area (TPSA) is 38.5 Å². The van der Waals surface area contributed by atoms with E-state index < -0.39 is 0 Å². The lowest BCUT2D eigenvalue weighted by Gasteiger charge is -2.24. The maximum Gasteiger partial charge on any atom is 0.125 e. The molecule has 4 heteroatoms. The lowest BCUT2D eigenvalue weighted by Crippen LogP contribution is -2.31. The number of anilines is 1. The summed E-state index contributed by atoms with van der Waals surface area (Å²) in [5.74, 6) is 0.593. The second kappa shape index (κ2) is 5.74. The number of hydrogen-bond acceptors (Lipinski definition) is 3. The molecule has 1 aliphatic heterocycles. The summed E-state index contributed by atoms with van der Waals surface area (Å²) < 4.78 is 18.8. The summed E-state index contributed by atoms with van der Waals surface area (Å²) >= 11 is 0. The Hall–Kier alpha value is -2.07. The minimum atomic E-state index is -0.202. The molecule has 21 heavy (non-hydrogen) atoms. The molecule has 0 amide bonds. The van der Waals surface area contributed by atoms with Crippen molar-refractivity contribution in [1.29, 1.82) is 0 Å². The van der Waals surface area contributed by atoms with Crippen LogP contribution in [0.2, 0.25) is 0 Å².